The number of nitrogens with zero attached hydrogens (tertiary/aromatic N) is 2. The second kappa shape index (κ2) is 9.40. The molecule has 1 aromatic carbocycles. The Labute approximate surface area is 184 Å². The molecule has 1 unspecified atom stereocenters. The van der Waals surface area contributed by atoms with Gasteiger partial charge in [0.15, 0.2) is 6.10 Å². The predicted octanol–water partition coefficient (Wildman–Crippen LogP) is 2.89. The minimum atomic E-state index is -3.66. The highest BCUT2D eigenvalue weighted by Gasteiger charge is 2.31. The summed E-state index contributed by atoms with van der Waals surface area (Å²) >= 11 is 0. The topological polar surface area (TPSA) is 104 Å². The normalized spacial score (nSPS) is 16.5. The molecular formula is C22H32N4O4S. The van der Waals surface area contributed by atoms with Crippen LogP contribution >= 0.6 is 0 Å². The minimum Gasteiger partial charge on any atom is -0.481 e. The molecule has 1 aromatic heterocycles. The van der Waals surface area contributed by atoms with Gasteiger partial charge < -0.3 is 9.64 Å². The van der Waals surface area contributed by atoms with Crippen molar-refractivity contribution in [2.75, 3.05) is 13.1 Å². The number of hydrogen-bond acceptors (Lipinski definition) is 5. The zero-order valence-corrected chi connectivity index (χ0v) is 19.6. The van der Waals surface area contributed by atoms with Crippen LogP contribution in [0.4, 0.5) is 0 Å². The number of benzene rings is 1. The van der Waals surface area contributed by atoms with E-state index in [1.54, 1.807) is 25.7 Å². The van der Waals surface area contributed by atoms with Crippen LogP contribution in [0.1, 0.15) is 56.5 Å². The maximum Gasteiger partial charge on any atom is 0.263 e. The van der Waals surface area contributed by atoms with Crippen LogP contribution in [0, 0.1) is 13.8 Å². The van der Waals surface area contributed by atoms with Gasteiger partial charge in [0.25, 0.3) is 5.91 Å². The minimum absolute atomic E-state index is 0.0820. The van der Waals surface area contributed by atoms with Gasteiger partial charge >= 0.3 is 0 Å². The maximum atomic E-state index is 12.9. The number of hydrogen-bond donors (Lipinski definition) is 2. The highest BCUT2D eigenvalue weighted by molar-refractivity contribution is 7.89. The van der Waals surface area contributed by atoms with Gasteiger partial charge in [-0.15, -0.1) is 0 Å². The van der Waals surface area contributed by atoms with Gasteiger partial charge in [0, 0.05) is 19.1 Å². The lowest BCUT2D eigenvalue weighted by atomic mass is 10.0. The summed E-state index contributed by atoms with van der Waals surface area (Å²) in [6, 6.07) is 7.55. The third kappa shape index (κ3) is 5.27. The van der Waals surface area contributed by atoms with E-state index in [0.717, 1.165) is 11.3 Å². The van der Waals surface area contributed by atoms with Gasteiger partial charge in [0.2, 0.25) is 10.0 Å². The molecule has 0 saturated carbocycles. The molecule has 1 amide bonds. The number of nitrogens with one attached hydrogen (secondary N) is 2. The van der Waals surface area contributed by atoms with Crippen molar-refractivity contribution >= 4 is 15.9 Å². The van der Waals surface area contributed by atoms with Gasteiger partial charge in [-0.3, -0.25) is 9.89 Å². The van der Waals surface area contributed by atoms with Crippen molar-refractivity contribution in [3.05, 3.63) is 41.2 Å². The molecule has 2 N–H and O–H groups in total. The largest absolute Gasteiger partial charge is 0.481 e. The van der Waals surface area contributed by atoms with Crippen LogP contribution in [-0.2, 0) is 14.8 Å². The van der Waals surface area contributed by atoms with Crippen LogP contribution in [-0.4, -0.2) is 54.7 Å². The summed E-state index contributed by atoms with van der Waals surface area (Å²) in [7, 11) is -3.66. The molecule has 8 nitrogen and oxygen atoms in total. The zero-order chi connectivity index (χ0) is 22.8. The molecule has 0 bridgehead atoms. The standard InChI is InChI=1S/C22H32N4O4S/c1-14(2)19-8-6-7-9-20(19)30-17(5)22(27)26-12-10-18(11-13-26)25-31(28,29)21-15(3)23-24-16(21)4/h6-9,14,17-18,25H,10-13H2,1-5H3,(H,23,24). The number of aryl methyl sites for hydroxylation is 2. The fourth-order valence-corrected chi connectivity index (χ4v) is 5.67. The molecule has 31 heavy (non-hydrogen) atoms. The molecule has 1 atom stereocenters. The van der Waals surface area contributed by atoms with Crippen molar-refractivity contribution in [3.8, 4) is 5.75 Å². The van der Waals surface area contributed by atoms with E-state index in [4.69, 9.17) is 4.74 Å². The van der Waals surface area contributed by atoms with E-state index in [0.29, 0.717) is 43.2 Å². The van der Waals surface area contributed by atoms with E-state index < -0.39 is 16.1 Å². The molecule has 1 fully saturated rings. The van der Waals surface area contributed by atoms with Gasteiger partial charge in [-0.05, 0) is 51.2 Å². The first-order valence-electron chi connectivity index (χ1n) is 10.7. The van der Waals surface area contributed by atoms with Crippen LogP contribution in [0.15, 0.2) is 29.2 Å². The third-order valence-electron chi connectivity index (χ3n) is 5.65. The second-order valence-electron chi connectivity index (χ2n) is 8.44. The first kappa shape index (κ1) is 23.3. The lowest BCUT2D eigenvalue weighted by Gasteiger charge is -2.34. The van der Waals surface area contributed by atoms with E-state index >= 15 is 0 Å². The second-order valence-corrected chi connectivity index (χ2v) is 10.1. The summed E-state index contributed by atoms with van der Waals surface area (Å²) in [6.45, 7) is 10.3. The molecule has 1 saturated heterocycles. The predicted molar refractivity (Wildman–Crippen MR) is 119 cm³/mol. The first-order chi connectivity index (χ1) is 14.6. The quantitative estimate of drug-likeness (QED) is 0.678. The number of aromatic nitrogens is 2. The third-order valence-corrected chi connectivity index (χ3v) is 7.43. The fraction of sp³-hybridized carbons (Fsp3) is 0.545. The number of para-hydroxylation sites is 1. The number of aromatic amines is 1. The molecule has 2 aromatic rings. The number of piperidine rings is 1. The summed E-state index contributed by atoms with van der Waals surface area (Å²) in [6.07, 6.45) is 0.497. The number of likely N-dealkylation sites (tertiary alicyclic amines) is 1. The van der Waals surface area contributed by atoms with Gasteiger partial charge in [0.05, 0.1) is 11.4 Å². The van der Waals surface area contributed by atoms with Gasteiger partial charge in [-0.2, -0.15) is 5.10 Å². The van der Waals surface area contributed by atoms with Gasteiger partial charge in [-0.1, -0.05) is 32.0 Å². The lowest BCUT2D eigenvalue weighted by molar-refractivity contribution is -0.139. The highest BCUT2D eigenvalue weighted by Crippen LogP contribution is 2.27. The summed E-state index contributed by atoms with van der Waals surface area (Å²) in [4.78, 5) is 14.9. The Kier molecular flexibility index (Phi) is 7.06. The molecule has 9 heteroatoms. The van der Waals surface area contributed by atoms with Crippen molar-refractivity contribution in [3.63, 3.8) is 0 Å². The van der Waals surface area contributed by atoms with E-state index in [1.807, 2.05) is 24.3 Å². The van der Waals surface area contributed by atoms with Crippen LogP contribution in [0.5, 0.6) is 5.75 Å². The van der Waals surface area contributed by atoms with Crippen molar-refractivity contribution in [2.24, 2.45) is 0 Å². The number of rotatable bonds is 7. The maximum absolute atomic E-state index is 12.9. The van der Waals surface area contributed by atoms with E-state index in [1.165, 1.54) is 0 Å². The first-order valence-corrected chi connectivity index (χ1v) is 12.2. The molecule has 170 valence electrons. The molecule has 2 heterocycles. The highest BCUT2D eigenvalue weighted by atomic mass is 32.2. The Hall–Kier alpha value is -2.39. The van der Waals surface area contributed by atoms with Crippen molar-refractivity contribution in [2.45, 2.75) is 70.4 Å². The Morgan fingerprint density at radius 2 is 1.84 bits per heavy atom. The number of sulfonamides is 1. The molecule has 1 aliphatic heterocycles. The Bertz CT molecular complexity index is 1000. The number of carbonyl (C=O) groups excluding carboxylic acids is 1. The number of H-pyrrole nitrogens is 1. The number of amides is 1. The monoisotopic (exact) mass is 448 g/mol. The summed E-state index contributed by atoms with van der Waals surface area (Å²) in [5.74, 6) is 0.943. The summed E-state index contributed by atoms with van der Waals surface area (Å²) in [5, 5.41) is 6.68. The van der Waals surface area contributed by atoms with Gasteiger partial charge in [-0.25, -0.2) is 13.1 Å². The molecule has 3 rings (SSSR count). The molecule has 0 radical (unpaired) electrons. The number of carbonyl (C=O) groups is 1. The van der Waals surface area contributed by atoms with Crippen LogP contribution < -0.4 is 9.46 Å². The van der Waals surface area contributed by atoms with Crippen molar-refractivity contribution in [1.82, 2.24) is 19.8 Å². The summed E-state index contributed by atoms with van der Waals surface area (Å²) in [5.41, 5.74) is 2.04. The summed E-state index contributed by atoms with van der Waals surface area (Å²) < 4.78 is 34.3. The smallest absolute Gasteiger partial charge is 0.263 e. The molecule has 0 spiro atoms. The van der Waals surface area contributed by atoms with Crippen molar-refractivity contribution < 1.29 is 17.9 Å². The number of ether oxygens (including phenoxy) is 1. The molecule has 1 aliphatic rings. The van der Waals surface area contributed by atoms with E-state index in [9.17, 15) is 13.2 Å². The van der Waals surface area contributed by atoms with Gasteiger partial charge in [0.1, 0.15) is 10.6 Å². The Morgan fingerprint density at radius 1 is 1.19 bits per heavy atom. The van der Waals surface area contributed by atoms with Crippen LogP contribution in [0.3, 0.4) is 0 Å². The average molecular weight is 449 g/mol. The van der Waals surface area contributed by atoms with E-state index in [-0.39, 0.29) is 16.8 Å². The SMILES string of the molecule is Cc1n[nH]c(C)c1S(=O)(=O)NC1CCN(C(=O)C(C)Oc2ccccc2C(C)C)CC1. The Morgan fingerprint density at radius 3 is 2.42 bits per heavy atom. The average Bonchev–Trinajstić information content (AvgIpc) is 3.07. The van der Waals surface area contributed by atoms with Crippen LogP contribution in [0.2, 0.25) is 0 Å². The van der Waals surface area contributed by atoms with Crippen LogP contribution in [0.25, 0.3) is 0 Å². The molecule has 0 aliphatic carbocycles. The fourth-order valence-electron chi connectivity index (χ4n) is 4.00. The zero-order valence-electron chi connectivity index (χ0n) is 18.8. The van der Waals surface area contributed by atoms with Crippen molar-refractivity contribution in [1.29, 1.82) is 0 Å². The lowest BCUT2D eigenvalue weighted by Crippen LogP contribution is -2.49. The Balaban J connectivity index is 1.57. The molecular weight excluding hydrogens is 416 g/mol. The van der Waals surface area contributed by atoms with E-state index in [2.05, 4.69) is 28.8 Å².